The van der Waals surface area contributed by atoms with Gasteiger partial charge in [-0.05, 0) is 0 Å². The Morgan fingerprint density at radius 1 is 0.833 bits per heavy atom. The molecule has 0 heterocycles. The minimum absolute atomic E-state index is 1.24. The molecular weight excluding hydrogens is 278 g/mol. The molecule has 0 aromatic rings. The summed E-state index contributed by atoms with van der Waals surface area (Å²) in [5.41, 5.74) is 0. The van der Waals surface area contributed by atoms with E-state index < -0.39 is 4.25 Å². The number of hydrogen-bond acceptors (Lipinski definition) is 0. The van der Waals surface area contributed by atoms with Gasteiger partial charge in [0, 0.05) is 0 Å². The van der Waals surface area contributed by atoms with E-state index in [-0.39, 0.29) is 0 Å². The van der Waals surface area contributed by atoms with E-state index in [1.54, 1.807) is 0 Å². The van der Waals surface area contributed by atoms with E-state index in [0.717, 1.165) is 0 Å². The van der Waals surface area contributed by atoms with Crippen molar-refractivity contribution >= 4 is 26.3 Å². The fraction of sp³-hybridized carbons (Fsp3) is 1.00. The third-order valence-electron chi connectivity index (χ3n) is 2.54. The van der Waals surface area contributed by atoms with Gasteiger partial charge in [-0.3, -0.25) is 0 Å². The Kier molecular flexibility index (Phi) is 5.64. The third kappa shape index (κ3) is 4.41. The molecule has 76 valence electrons. The van der Waals surface area contributed by atoms with Crippen molar-refractivity contribution < 1.29 is 0 Å². The monoisotopic (exact) mass is 302 g/mol. The van der Waals surface area contributed by atoms with Crippen LogP contribution in [-0.4, -0.2) is 25.2 Å². The first-order valence-corrected chi connectivity index (χ1v) is 11.2. The molecule has 0 saturated heterocycles. The Morgan fingerprint density at radius 3 is 1.25 bits per heavy atom. The van der Waals surface area contributed by atoms with Crippen LogP contribution >= 0.6 is 26.3 Å². The molecule has 0 unspecified atom stereocenters. The zero-order chi connectivity index (χ0) is 9.69. The second-order valence-electron chi connectivity index (χ2n) is 4.32. The molecule has 0 aromatic carbocycles. The Bertz CT molecular complexity index is 108. The van der Waals surface area contributed by atoms with E-state index >= 15 is 0 Å². The third-order valence-corrected chi connectivity index (χ3v) is 12.0. The van der Waals surface area contributed by atoms with Crippen LogP contribution in [0.15, 0.2) is 0 Å². The van der Waals surface area contributed by atoms with Crippen molar-refractivity contribution in [3.05, 3.63) is 0 Å². The summed E-state index contributed by atoms with van der Waals surface area (Å²) in [5.74, 6) is 0. The molecule has 0 N–H and O–H groups in total. The van der Waals surface area contributed by atoms with Crippen LogP contribution in [0.5, 0.6) is 0 Å². The molecule has 2 heteroatoms. The maximum atomic E-state index is 2.84. The van der Waals surface area contributed by atoms with Crippen LogP contribution in [0.25, 0.3) is 0 Å². The van der Waals surface area contributed by atoms with E-state index in [0.29, 0.717) is 0 Å². The van der Waals surface area contributed by atoms with Gasteiger partial charge in [-0.15, -0.1) is 0 Å². The van der Waals surface area contributed by atoms with Crippen molar-refractivity contribution in [2.75, 3.05) is 25.2 Å². The van der Waals surface area contributed by atoms with Crippen LogP contribution in [0.4, 0.5) is 0 Å². The van der Waals surface area contributed by atoms with E-state index in [9.17, 15) is 0 Å². The van der Waals surface area contributed by atoms with E-state index in [4.69, 9.17) is 0 Å². The SMILES string of the molecule is CCCP(C)(I)(CCC)CCC. The summed E-state index contributed by atoms with van der Waals surface area (Å²) in [5, 5.41) is 0. The Morgan fingerprint density at radius 2 is 1.08 bits per heavy atom. The van der Waals surface area contributed by atoms with Crippen molar-refractivity contribution in [3.8, 4) is 0 Å². The van der Waals surface area contributed by atoms with Crippen LogP contribution in [0, 0.1) is 0 Å². The quantitative estimate of drug-likeness (QED) is 0.490. The van der Waals surface area contributed by atoms with Gasteiger partial charge in [0.25, 0.3) is 0 Å². The van der Waals surface area contributed by atoms with Gasteiger partial charge in [-0.1, -0.05) is 0 Å². The fourth-order valence-electron chi connectivity index (χ4n) is 2.21. The Labute approximate surface area is 91.3 Å². The van der Waals surface area contributed by atoms with Gasteiger partial charge in [-0.2, -0.15) is 0 Å². The molecule has 0 aromatic heterocycles. The second kappa shape index (κ2) is 5.14. The summed E-state index contributed by atoms with van der Waals surface area (Å²) in [6.07, 6.45) is 8.60. The zero-order valence-electron chi connectivity index (χ0n) is 9.07. The van der Waals surface area contributed by atoms with Crippen LogP contribution in [0.3, 0.4) is 0 Å². The van der Waals surface area contributed by atoms with Gasteiger partial charge in [0.05, 0.1) is 0 Å². The average molecular weight is 302 g/mol. The summed E-state index contributed by atoms with van der Waals surface area (Å²) in [6.45, 7) is 9.57. The molecule has 0 aliphatic rings. The van der Waals surface area contributed by atoms with Crippen molar-refractivity contribution in [1.82, 2.24) is 0 Å². The standard InChI is InChI=1S/C10H24IP/c1-5-8-12(4,11,9-6-2)10-7-3/h5-10H2,1-4H3. The number of hydrogen-bond donors (Lipinski definition) is 0. The van der Waals surface area contributed by atoms with Gasteiger partial charge >= 0.3 is 91.5 Å². The predicted octanol–water partition coefficient (Wildman–Crippen LogP) is 4.75. The van der Waals surface area contributed by atoms with Crippen molar-refractivity contribution in [2.24, 2.45) is 0 Å². The molecule has 0 aliphatic heterocycles. The van der Waals surface area contributed by atoms with Crippen LogP contribution in [0.2, 0.25) is 0 Å². The topological polar surface area (TPSA) is 0 Å². The molecule has 12 heavy (non-hydrogen) atoms. The first kappa shape index (κ1) is 13.2. The predicted molar refractivity (Wildman–Crippen MR) is 72.3 cm³/mol. The van der Waals surface area contributed by atoms with Crippen LogP contribution in [-0.2, 0) is 0 Å². The average Bonchev–Trinajstić information content (AvgIpc) is 1.86. The first-order chi connectivity index (χ1) is 5.46. The van der Waals surface area contributed by atoms with Gasteiger partial charge in [0.2, 0.25) is 0 Å². The Hall–Kier alpha value is 1.16. The molecule has 0 fully saturated rings. The van der Waals surface area contributed by atoms with Crippen molar-refractivity contribution in [3.63, 3.8) is 0 Å². The number of halogens is 1. The maximum absolute atomic E-state index is 2.84. The summed E-state index contributed by atoms with van der Waals surface area (Å²) in [4.78, 5) is 0. The van der Waals surface area contributed by atoms with Gasteiger partial charge < -0.3 is 0 Å². The van der Waals surface area contributed by atoms with Gasteiger partial charge in [-0.25, -0.2) is 0 Å². The van der Waals surface area contributed by atoms with E-state index in [2.05, 4.69) is 49.5 Å². The van der Waals surface area contributed by atoms with Crippen molar-refractivity contribution in [2.45, 2.75) is 40.0 Å². The van der Waals surface area contributed by atoms with Crippen molar-refractivity contribution in [1.29, 1.82) is 0 Å². The molecule has 0 spiro atoms. The molecule has 0 atom stereocenters. The zero-order valence-corrected chi connectivity index (χ0v) is 12.1. The normalized spacial score (nSPS) is 15.6. The second-order valence-corrected chi connectivity index (χ2v) is 19.0. The molecule has 0 bridgehead atoms. The molecule has 0 rings (SSSR count). The van der Waals surface area contributed by atoms with E-state index in [1.165, 1.54) is 37.7 Å². The summed E-state index contributed by atoms with van der Waals surface area (Å²) in [6, 6.07) is 0. The molecule has 0 radical (unpaired) electrons. The fourth-order valence-corrected chi connectivity index (χ4v) is 11.0. The molecule has 0 saturated carbocycles. The molecule has 0 nitrogen and oxygen atoms in total. The summed E-state index contributed by atoms with van der Waals surface area (Å²) >= 11 is 2.84. The first-order valence-electron chi connectivity index (χ1n) is 5.19. The molecular formula is C10H24IP. The van der Waals surface area contributed by atoms with Gasteiger partial charge in [0.1, 0.15) is 0 Å². The summed E-state index contributed by atoms with van der Waals surface area (Å²) in [7, 11) is 0. The number of rotatable bonds is 6. The minimum atomic E-state index is -1.24. The van der Waals surface area contributed by atoms with Crippen LogP contribution < -0.4 is 0 Å². The Balaban J connectivity index is 4.31. The van der Waals surface area contributed by atoms with E-state index in [1.807, 2.05) is 0 Å². The molecule has 0 amide bonds. The van der Waals surface area contributed by atoms with Gasteiger partial charge in [0.15, 0.2) is 0 Å². The van der Waals surface area contributed by atoms with Crippen LogP contribution in [0.1, 0.15) is 40.0 Å². The molecule has 0 aliphatic carbocycles. The summed E-state index contributed by atoms with van der Waals surface area (Å²) < 4.78 is -1.24.